The molecular weight excluding hydrogens is 224 g/mol. The van der Waals surface area contributed by atoms with Gasteiger partial charge in [-0.15, -0.1) is 0 Å². The Balaban J connectivity index is 1.64. The fourth-order valence-corrected chi connectivity index (χ4v) is 3.30. The zero-order valence-electron chi connectivity index (χ0n) is 11.7. The molecular formula is C15H28N2O. The first-order valence-corrected chi connectivity index (χ1v) is 7.73. The average Bonchev–Trinajstić information content (AvgIpc) is 2.39. The summed E-state index contributed by atoms with van der Waals surface area (Å²) in [5.74, 6) is 2.29. The van der Waals surface area contributed by atoms with E-state index in [1.54, 1.807) is 0 Å². The molecule has 2 aliphatic rings. The van der Waals surface area contributed by atoms with Crippen molar-refractivity contribution in [1.82, 2.24) is 10.6 Å². The topological polar surface area (TPSA) is 41.1 Å². The largest absolute Gasteiger partial charge is 0.356 e. The molecule has 2 rings (SSSR count). The first kappa shape index (κ1) is 13.9. The lowest BCUT2D eigenvalue weighted by molar-refractivity contribution is -0.122. The predicted molar refractivity (Wildman–Crippen MR) is 74.3 cm³/mol. The van der Waals surface area contributed by atoms with Crippen molar-refractivity contribution < 1.29 is 4.79 Å². The Labute approximate surface area is 111 Å². The predicted octanol–water partition coefficient (Wildman–Crippen LogP) is 2.32. The summed E-state index contributed by atoms with van der Waals surface area (Å²) < 4.78 is 0. The van der Waals surface area contributed by atoms with E-state index in [9.17, 15) is 4.79 Å². The maximum Gasteiger partial charge on any atom is 0.220 e. The number of amides is 1. The van der Waals surface area contributed by atoms with Crippen molar-refractivity contribution in [3.05, 3.63) is 0 Å². The van der Waals surface area contributed by atoms with Gasteiger partial charge in [-0.25, -0.2) is 0 Å². The van der Waals surface area contributed by atoms with Crippen LogP contribution in [-0.2, 0) is 4.79 Å². The Hall–Kier alpha value is -0.570. The minimum absolute atomic E-state index is 0.277. The monoisotopic (exact) mass is 252 g/mol. The van der Waals surface area contributed by atoms with E-state index < -0.39 is 0 Å². The second kappa shape index (κ2) is 7.13. The summed E-state index contributed by atoms with van der Waals surface area (Å²) in [6.07, 6.45) is 8.52. The van der Waals surface area contributed by atoms with E-state index in [1.807, 2.05) is 0 Å². The van der Waals surface area contributed by atoms with Gasteiger partial charge in [0.25, 0.3) is 0 Å². The van der Waals surface area contributed by atoms with Crippen LogP contribution in [-0.4, -0.2) is 25.5 Å². The number of hydrogen-bond donors (Lipinski definition) is 2. The van der Waals surface area contributed by atoms with Crippen molar-refractivity contribution in [3.63, 3.8) is 0 Å². The first-order chi connectivity index (χ1) is 8.75. The summed E-state index contributed by atoms with van der Waals surface area (Å²) in [6, 6.07) is 0. The second-order valence-electron chi connectivity index (χ2n) is 6.24. The molecule has 2 fully saturated rings. The highest BCUT2D eigenvalue weighted by molar-refractivity contribution is 5.76. The fourth-order valence-electron chi connectivity index (χ4n) is 3.30. The molecule has 104 valence electrons. The molecule has 1 saturated carbocycles. The molecule has 3 nitrogen and oxygen atoms in total. The number of carbonyl (C=O) groups is 1. The number of piperidine rings is 1. The Bertz CT molecular complexity index is 261. The van der Waals surface area contributed by atoms with Gasteiger partial charge in [0.15, 0.2) is 0 Å². The average molecular weight is 252 g/mol. The highest BCUT2D eigenvalue weighted by Gasteiger charge is 2.22. The quantitative estimate of drug-likeness (QED) is 0.806. The standard InChI is InChI=1S/C15H28N2O/c1-12-7-8-16-10-14(12)11-17-15(18)9-13-5-3-2-4-6-13/h12-14,16H,2-11H2,1H3,(H,17,18). The van der Waals surface area contributed by atoms with Gasteiger partial charge in [0.1, 0.15) is 0 Å². The van der Waals surface area contributed by atoms with Crippen LogP contribution < -0.4 is 10.6 Å². The zero-order valence-corrected chi connectivity index (χ0v) is 11.7. The summed E-state index contributed by atoms with van der Waals surface area (Å²) in [7, 11) is 0. The van der Waals surface area contributed by atoms with Crippen LogP contribution in [0.4, 0.5) is 0 Å². The van der Waals surface area contributed by atoms with E-state index in [1.165, 1.54) is 38.5 Å². The molecule has 1 aliphatic carbocycles. The number of carbonyl (C=O) groups excluding carboxylic acids is 1. The molecule has 1 amide bonds. The van der Waals surface area contributed by atoms with Crippen LogP contribution in [0.2, 0.25) is 0 Å². The van der Waals surface area contributed by atoms with E-state index in [2.05, 4.69) is 17.6 Å². The molecule has 2 unspecified atom stereocenters. The molecule has 0 bridgehead atoms. The molecule has 2 atom stereocenters. The van der Waals surface area contributed by atoms with E-state index in [-0.39, 0.29) is 5.91 Å². The third kappa shape index (κ3) is 4.27. The Kier molecular flexibility index (Phi) is 5.48. The molecule has 1 saturated heterocycles. The lowest BCUT2D eigenvalue weighted by atomic mass is 9.86. The smallest absolute Gasteiger partial charge is 0.220 e. The van der Waals surface area contributed by atoms with Crippen molar-refractivity contribution in [2.24, 2.45) is 17.8 Å². The molecule has 18 heavy (non-hydrogen) atoms. The molecule has 0 spiro atoms. The maximum atomic E-state index is 11.9. The Morgan fingerprint density at radius 2 is 2.00 bits per heavy atom. The van der Waals surface area contributed by atoms with Gasteiger partial charge in [0, 0.05) is 13.0 Å². The van der Waals surface area contributed by atoms with E-state index >= 15 is 0 Å². The highest BCUT2D eigenvalue weighted by Crippen LogP contribution is 2.26. The van der Waals surface area contributed by atoms with Gasteiger partial charge in [-0.3, -0.25) is 4.79 Å². The van der Waals surface area contributed by atoms with Crippen molar-refractivity contribution in [2.75, 3.05) is 19.6 Å². The minimum atomic E-state index is 0.277. The van der Waals surface area contributed by atoms with Gasteiger partial charge in [0.2, 0.25) is 5.91 Å². The Morgan fingerprint density at radius 3 is 2.72 bits per heavy atom. The molecule has 0 aromatic heterocycles. The van der Waals surface area contributed by atoms with Crippen molar-refractivity contribution in [1.29, 1.82) is 0 Å². The summed E-state index contributed by atoms with van der Waals surface area (Å²) in [5, 5.41) is 6.57. The molecule has 0 aromatic carbocycles. The third-order valence-corrected chi connectivity index (χ3v) is 4.75. The molecule has 1 aliphatic heterocycles. The minimum Gasteiger partial charge on any atom is -0.356 e. The zero-order chi connectivity index (χ0) is 12.8. The number of rotatable bonds is 4. The molecule has 2 N–H and O–H groups in total. The van der Waals surface area contributed by atoms with Crippen molar-refractivity contribution >= 4 is 5.91 Å². The van der Waals surface area contributed by atoms with Crippen LogP contribution in [0.15, 0.2) is 0 Å². The lowest BCUT2D eigenvalue weighted by Crippen LogP contribution is -2.42. The maximum absolute atomic E-state index is 11.9. The van der Waals surface area contributed by atoms with Gasteiger partial charge in [-0.05, 0) is 50.1 Å². The second-order valence-corrected chi connectivity index (χ2v) is 6.24. The first-order valence-electron chi connectivity index (χ1n) is 7.73. The summed E-state index contributed by atoms with van der Waals surface area (Å²) in [6.45, 7) is 5.36. The highest BCUT2D eigenvalue weighted by atomic mass is 16.1. The van der Waals surface area contributed by atoms with E-state index in [0.29, 0.717) is 11.8 Å². The molecule has 1 heterocycles. The van der Waals surface area contributed by atoms with E-state index in [0.717, 1.165) is 32.0 Å². The van der Waals surface area contributed by atoms with Gasteiger partial charge in [0.05, 0.1) is 0 Å². The lowest BCUT2D eigenvalue weighted by Gasteiger charge is -2.30. The Morgan fingerprint density at radius 1 is 1.22 bits per heavy atom. The molecule has 0 aromatic rings. The van der Waals surface area contributed by atoms with Crippen LogP contribution in [0, 0.1) is 17.8 Å². The summed E-state index contributed by atoms with van der Waals surface area (Å²) in [4.78, 5) is 11.9. The van der Waals surface area contributed by atoms with Crippen LogP contribution >= 0.6 is 0 Å². The van der Waals surface area contributed by atoms with Gasteiger partial charge >= 0.3 is 0 Å². The summed E-state index contributed by atoms with van der Waals surface area (Å²) in [5.41, 5.74) is 0. The van der Waals surface area contributed by atoms with Crippen LogP contribution in [0.3, 0.4) is 0 Å². The third-order valence-electron chi connectivity index (χ3n) is 4.75. The summed E-state index contributed by atoms with van der Waals surface area (Å²) >= 11 is 0. The van der Waals surface area contributed by atoms with Crippen molar-refractivity contribution in [2.45, 2.75) is 51.9 Å². The SMILES string of the molecule is CC1CCNCC1CNC(=O)CC1CCCCC1. The van der Waals surface area contributed by atoms with Crippen LogP contribution in [0.5, 0.6) is 0 Å². The van der Waals surface area contributed by atoms with Crippen molar-refractivity contribution in [3.8, 4) is 0 Å². The van der Waals surface area contributed by atoms with Gasteiger partial charge in [-0.1, -0.05) is 26.2 Å². The molecule has 0 radical (unpaired) electrons. The van der Waals surface area contributed by atoms with E-state index in [4.69, 9.17) is 0 Å². The van der Waals surface area contributed by atoms with Crippen LogP contribution in [0.25, 0.3) is 0 Å². The van der Waals surface area contributed by atoms with Gasteiger partial charge in [-0.2, -0.15) is 0 Å². The normalized spacial score (nSPS) is 30.1. The number of hydrogen-bond acceptors (Lipinski definition) is 2. The van der Waals surface area contributed by atoms with Gasteiger partial charge < -0.3 is 10.6 Å². The fraction of sp³-hybridized carbons (Fsp3) is 0.933. The number of nitrogens with one attached hydrogen (secondary N) is 2. The molecule has 3 heteroatoms. The van der Waals surface area contributed by atoms with Crippen LogP contribution in [0.1, 0.15) is 51.9 Å².